The second-order valence-corrected chi connectivity index (χ2v) is 8.00. The highest BCUT2D eigenvalue weighted by Gasteiger charge is 2.15. The highest BCUT2D eigenvalue weighted by molar-refractivity contribution is 6.32. The maximum absolute atomic E-state index is 13.1. The van der Waals surface area contributed by atoms with Crippen molar-refractivity contribution < 1.29 is 18.7 Å². The summed E-state index contributed by atoms with van der Waals surface area (Å²) in [5, 5.41) is 14.5. The normalized spacial score (nSPS) is 11.1. The van der Waals surface area contributed by atoms with Crippen LogP contribution in [0.1, 0.15) is 11.1 Å². The fraction of sp³-hybridized carbons (Fsp3) is 0.0714. The maximum atomic E-state index is 13.1. The van der Waals surface area contributed by atoms with Crippen LogP contribution in [0, 0.1) is 17.1 Å². The maximum Gasteiger partial charge on any atom is 0.266 e. The Hall–Kier alpha value is -4.34. The molecule has 0 aliphatic heterocycles. The van der Waals surface area contributed by atoms with Gasteiger partial charge in [-0.25, -0.2) is 4.39 Å². The Kier molecular flexibility index (Phi) is 7.30. The third kappa shape index (κ3) is 5.60. The lowest BCUT2D eigenvalue weighted by atomic mass is 10.1. The Morgan fingerprint density at radius 3 is 2.57 bits per heavy atom. The minimum absolute atomic E-state index is 0.156. The molecule has 174 valence electrons. The minimum Gasteiger partial charge on any atom is -0.493 e. The van der Waals surface area contributed by atoms with E-state index in [1.807, 2.05) is 48.5 Å². The van der Waals surface area contributed by atoms with Crippen LogP contribution in [0.4, 0.5) is 10.1 Å². The fourth-order valence-electron chi connectivity index (χ4n) is 3.58. The number of nitrogens with zero attached hydrogens (tertiary/aromatic N) is 1. The molecule has 0 spiro atoms. The van der Waals surface area contributed by atoms with Gasteiger partial charge in [0.25, 0.3) is 5.91 Å². The molecule has 35 heavy (non-hydrogen) atoms. The topological polar surface area (TPSA) is 71.3 Å². The fourth-order valence-corrected chi connectivity index (χ4v) is 3.85. The predicted octanol–water partition coefficient (Wildman–Crippen LogP) is 6.77. The number of anilines is 1. The quantitative estimate of drug-likeness (QED) is 0.231. The lowest BCUT2D eigenvalue weighted by Gasteiger charge is -2.14. The monoisotopic (exact) mass is 486 g/mol. The zero-order chi connectivity index (χ0) is 24.8. The van der Waals surface area contributed by atoms with Gasteiger partial charge < -0.3 is 14.8 Å². The number of hydrogen-bond acceptors (Lipinski definition) is 4. The summed E-state index contributed by atoms with van der Waals surface area (Å²) in [5.74, 6) is -0.345. The number of nitrogens with one attached hydrogen (secondary N) is 1. The molecule has 5 nitrogen and oxygen atoms in total. The van der Waals surface area contributed by atoms with Gasteiger partial charge in [-0.1, -0.05) is 54.1 Å². The van der Waals surface area contributed by atoms with E-state index in [0.29, 0.717) is 22.7 Å². The van der Waals surface area contributed by atoms with E-state index in [1.54, 1.807) is 12.1 Å². The van der Waals surface area contributed by atoms with E-state index in [9.17, 15) is 14.4 Å². The van der Waals surface area contributed by atoms with E-state index < -0.39 is 11.7 Å². The van der Waals surface area contributed by atoms with Crippen LogP contribution in [0.3, 0.4) is 0 Å². The van der Waals surface area contributed by atoms with Crippen LogP contribution in [0.2, 0.25) is 5.02 Å². The Labute approximate surface area is 207 Å². The molecular formula is C28H20ClFN2O3. The van der Waals surface area contributed by atoms with Crippen LogP contribution in [-0.2, 0) is 11.4 Å². The third-order valence-corrected chi connectivity index (χ3v) is 5.56. The molecule has 7 heteroatoms. The van der Waals surface area contributed by atoms with Crippen LogP contribution < -0.4 is 14.8 Å². The van der Waals surface area contributed by atoms with Crippen LogP contribution >= 0.6 is 11.6 Å². The number of ether oxygens (including phenoxy) is 2. The zero-order valence-corrected chi connectivity index (χ0v) is 19.5. The third-order valence-electron chi connectivity index (χ3n) is 5.28. The van der Waals surface area contributed by atoms with E-state index in [2.05, 4.69) is 5.32 Å². The molecule has 0 atom stereocenters. The standard InChI is InChI=1S/C28H20ClFN2O3/c1-34-26-15-18(13-21(16-31)28(33)32-23-11-9-22(30)10-12-23)14-25(29)27(26)35-17-20-7-4-6-19-5-2-3-8-24(19)20/h2-15H,17H2,1H3,(H,32,33)/b21-13+. The number of benzene rings is 4. The predicted molar refractivity (Wildman–Crippen MR) is 135 cm³/mol. The van der Waals surface area contributed by atoms with Crippen molar-refractivity contribution in [3.8, 4) is 17.6 Å². The molecule has 4 rings (SSSR count). The molecule has 0 heterocycles. The van der Waals surface area contributed by atoms with Gasteiger partial charge in [0, 0.05) is 5.69 Å². The van der Waals surface area contributed by atoms with Crippen molar-refractivity contribution in [2.45, 2.75) is 6.61 Å². The van der Waals surface area contributed by atoms with Gasteiger partial charge in [0.15, 0.2) is 11.5 Å². The summed E-state index contributed by atoms with van der Waals surface area (Å²) in [6, 6.07) is 24.3. The Morgan fingerprint density at radius 1 is 1.09 bits per heavy atom. The highest BCUT2D eigenvalue weighted by Crippen LogP contribution is 2.38. The zero-order valence-electron chi connectivity index (χ0n) is 18.7. The average molecular weight is 487 g/mol. The van der Waals surface area contributed by atoms with Crippen molar-refractivity contribution in [3.05, 3.63) is 106 Å². The number of methoxy groups -OCH3 is 1. The summed E-state index contributed by atoms with van der Waals surface area (Å²) in [7, 11) is 1.48. The Balaban J connectivity index is 1.56. The smallest absolute Gasteiger partial charge is 0.266 e. The minimum atomic E-state index is -0.634. The molecule has 0 saturated heterocycles. The lowest BCUT2D eigenvalue weighted by molar-refractivity contribution is -0.112. The number of hydrogen-bond donors (Lipinski definition) is 1. The molecule has 0 bridgehead atoms. The van der Waals surface area contributed by atoms with Crippen molar-refractivity contribution >= 4 is 40.0 Å². The Morgan fingerprint density at radius 2 is 1.83 bits per heavy atom. The summed E-state index contributed by atoms with van der Waals surface area (Å²) in [6.45, 7) is 0.274. The van der Waals surface area contributed by atoms with E-state index >= 15 is 0 Å². The molecule has 0 saturated carbocycles. The van der Waals surface area contributed by atoms with Gasteiger partial charge in [-0.3, -0.25) is 4.79 Å². The number of carbonyl (C=O) groups is 1. The molecule has 0 unspecified atom stereocenters. The molecule has 0 aliphatic rings. The lowest BCUT2D eigenvalue weighted by Crippen LogP contribution is -2.13. The number of fused-ring (bicyclic) bond motifs is 1. The van der Waals surface area contributed by atoms with Crippen LogP contribution in [-0.4, -0.2) is 13.0 Å². The van der Waals surface area contributed by atoms with Gasteiger partial charge >= 0.3 is 0 Å². The van der Waals surface area contributed by atoms with E-state index in [-0.39, 0.29) is 17.2 Å². The highest BCUT2D eigenvalue weighted by atomic mass is 35.5. The van der Waals surface area contributed by atoms with Gasteiger partial charge in [0.1, 0.15) is 24.1 Å². The summed E-state index contributed by atoms with van der Waals surface area (Å²) in [6.07, 6.45) is 1.39. The summed E-state index contributed by atoms with van der Waals surface area (Å²) >= 11 is 6.50. The Bertz CT molecular complexity index is 1450. The first kappa shape index (κ1) is 23.8. The SMILES string of the molecule is COc1cc(/C=C(\C#N)C(=O)Nc2ccc(F)cc2)cc(Cl)c1OCc1cccc2ccccc12. The first-order valence-corrected chi connectivity index (χ1v) is 11.0. The summed E-state index contributed by atoms with van der Waals surface area (Å²) in [5.41, 5.74) is 1.69. The number of rotatable bonds is 7. The molecule has 0 aromatic heterocycles. The van der Waals surface area contributed by atoms with E-state index in [1.165, 1.54) is 37.5 Å². The van der Waals surface area contributed by atoms with Gasteiger partial charge in [0.2, 0.25) is 0 Å². The van der Waals surface area contributed by atoms with Crippen molar-refractivity contribution in [2.24, 2.45) is 0 Å². The number of amides is 1. The van der Waals surface area contributed by atoms with Gasteiger partial charge in [-0.15, -0.1) is 0 Å². The van der Waals surface area contributed by atoms with Crippen molar-refractivity contribution in [3.63, 3.8) is 0 Å². The molecule has 0 aliphatic carbocycles. The van der Waals surface area contributed by atoms with Gasteiger partial charge in [-0.05, 0) is 64.4 Å². The van der Waals surface area contributed by atoms with Gasteiger partial charge in [-0.2, -0.15) is 5.26 Å². The number of nitriles is 1. The molecule has 4 aromatic rings. The second-order valence-electron chi connectivity index (χ2n) is 7.59. The van der Waals surface area contributed by atoms with Gasteiger partial charge in [0.05, 0.1) is 12.1 Å². The molecule has 1 amide bonds. The molecular weight excluding hydrogens is 467 g/mol. The van der Waals surface area contributed by atoms with Crippen molar-refractivity contribution in [2.75, 3.05) is 12.4 Å². The molecule has 4 aromatic carbocycles. The first-order chi connectivity index (χ1) is 17.0. The van der Waals surface area contributed by atoms with E-state index in [0.717, 1.165) is 16.3 Å². The molecule has 1 N–H and O–H groups in total. The molecule has 0 fully saturated rings. The van der Waals surface area contributed by atoms with Crippen molar-refractivity contribution in [1.29, 1.82) is 5.26 Å². The molecule has 0 radical (unpaired) electrons. The van der Waals surface area contributed by atoms with Crippen LogP contribution in [0.25, 0.3) is 16.8 Å². The van der Waals surface area contributed by atoms with E-state index in [4.69, 9.17) is 21.1 Å². The summed E-state index contributed by atoms with van der Waals surface area (Å²) in [4.78, 5) is 12.5. The number of halogens is 2. The van der Waals surface area contributed by atoms with Crippen LogP contribution in [0.15, 0.2) is 84.4 Å². The largest absolute Gasteiger partial charge is 0.493 e. The summed E-state index contributed by atoms with van der Waals surface area (Å²) < 4.78 is 24.6. The first-order valence-electron chi connectivity index (χ1n) is 10.6. The second kappa shape index (κ2) is 10.7. The average Bonchev–Trinajstić information content (AvgIpc) is 2.87. The van der Waals surface area contributed by atoms with Crippen LogP contribution in [0.5, 0.6) is 11.5 Å². The van der Waals surface area contributed by atoms with Crippen molar-refractivity contribution in [1.82, 2.24) is 0 Å². The number of carbonyl (C=O) groups excluding carboxylic acids is 1.